The van der Waals surface area contributed by atoms with Crippen molar-refractivity contribution in [2.45, 2.75) is 84.7 Å². The molecule has 1 aromatic heterocycles. The number of hydrogen-bond donors (Lipinski definition) is 1. The summed E-state index contributed by atoms with van der Waals surface area (Å²) < 4.78 is 39.1. The van der Waals surface area contributed by atoms with Crippen molar-refractivity contribution in [2.75, 3.05) is 17.8 Å². The van der Waals surface area contributed by atoms with Crippen LogP contribution in [0, 0.1) is 22.6 Å². The zero-order valence-electron chi connectivity index (χ0n) is 24.3. The molecule has 41 heavy (non-hydrogen) atoms. The van der Waals surface area contributed by atoms with Crippen molar-refractivity contribution in [3.8, 4) is 17.6 Å². The molecule has 1 N–H and O–H groups in total. The molecule has 5 rings (SSSR count). The first kappa shape index (κ1) is 32.9. The van der Waals surface area contributed by atoms with Crippen LogP contribution >= 0.6 is 25.6 Å². The molecule has 0 radical (unpaired) electrons. The van der Waals surface area contributed by atoms with Crippen LogP contribution in [0.3, 0.4) is 0 Å². The SMILES string of the molecule is CC.CCCC1(CCC)CC(c2cnc3ccc(Oc4c(F)ccc(NSN5CCC(F)C5)c4C#N)cc3n2)C1.S. The Morgan fingerprint density at radius 1 is 1.15 bits per heavy atom. The Balaban J connectivity index is 0.00000151. The minimum absolute atomic E-state index is 0. The number of alkyl halides is 1. The van der Waals surface area contributed by atoms with Crippen molar-refractivity contribution in [2.24, 2.45) is 5.41 Å². The molecule has 1 unspecified atom stereocenters. The van der Waals surface area contributed by atoms with Gasteiger partial charge in [-0.05, 0) is 61.8 Å². The lowest BCUT2D eigenvalue weighted by atomic mass is 9.57. The molecule has 2 aromatic carbocycles. The summed E-state index contributed by atoms with van der Waals surface area (Å²) in [4.78, 5) is 9.51. The van der Waals surface area contributed by atoms with E-state index in [0.29, 0.717) is 47.8 Å². The first-order valence-electron chi connectivity index (χ1n) is 14.4. The lowest BCUT2D eigenvalue weighted by Gasteiger charge is -2.48. The van der Waals surface area contributed by atoms with Crippen LogP contribution in [-0.2, 0) is 0 Å². The van der Waals surface area contributed by atoms with Crippen LogP contribution in [0.1, 0.15) is 89.8 Å². The number of anilines is 1. The second-order valence-corrected chi connectivity index (χ2v) is 11.4. The third kappa shape index (κ3) is 7.62. The quantitative estimate of drug-likeness (QED) is 0.232. The van der Waals surface area contributed by atoms with E-state index in [-0.39, 0.29) is 24.8 Å². The summed E-state index contributed by atoms with van der Waals surface area (Å²) >= 11 is 1.21. The lowest BCUT2D eigenvalue weighted by molar-refractivity contribution is 0.0734. The predicted octanol–water partition coefficient (Wildman–Crippen LogP) is 9.05. The summed E-state index contributed by atoms with van der Waals surface area (Å²) in [7, 11) is 0. The van der Waals surface area contributed by atoms with Gasteiger partial charge in [-0.3, -0.25) is 4.98 Å². The van der Waals surface area contributed by atoms with Crippen LogP contribution in [0.5, 0.6) is 11.5 Å². The largest absolute Gasteiger partial charge is 0.453 e. The van der Waals surface area contributed by atoms with Crippen LogP contribution < -0.4 is 9.46 Å². The van der Waals surface area contributed by atoms with Crippen LogP contribution in [0.25, 0.3) is 11.0 Å². The normalized spacial score (nSPS) is 18.0. The van der Waals surface area contributed by atoms with Gasteiger partial charge in [0.1, 0.15) is 23.6 Å². The second-order valence-electron chi connectivity index (χ2n) is 10.5. The molecule has 0 amide bonds. The number of hydrogen-bond acceptors (Lipinski definition) is 7. The Morgan fingerprint density at radius 2 is 1.88 bits per heavy atom. The van der Waals surface area contributed by atoms with Gasteiger partial charge in [-0.15, -0.1) is 0 Å². The van der Waals surface area contributed by atoms with Crippen LogP contribution in [0.2, 0.25) is 0 Å². The molecule has 0 spiro atoms. The molecule has 2 heterocycles. The standard InChI is InChI=1S/C29H33F2N5OS.C2H6.H2S/c1-3-10-29(11-4-2)14-19(15-29)27-17-33-25-7-5-21(13-26(25)34-27)37-28-22(16-32)24(8-6-23(28)31)35-38-36-12-9-20(30)18-36;1-2;/h5-8,13,17,19-20,35H,3-4,9-12,14-15,18H2,1-2H3;1-2H3;1H2. The zero-order chi connectivity index (χ0) is 28.7. The first-order valence-corrected chi connectivity index (χ1v) is 15.2. The molecular weight excluding hydrogens is 561 g/mol. The maximum absolute atomic E-state index is 14.8. The number of aromatic nitrogens is 2. The molecule has 1 saturated carbocycles. The van der Waals surface area contributed by atoms with Gasteiger partial charge >= 0.3 is 0 Å². The number of halogens is 2. The van der Waals surface area contributed by atoms with Crippen LogP contribution in [0.4, 0.5) is 14.5 Å². The fourth-order valence-electron chi connectivity index (χ4n) is 5.91. The third-order valence-electron chi connectivity index (χ3n) is 7.69. The number of benzene rings is 2. The average Bonchev–Trinajstić information content (AvgIpc) is 3.37. The average molecular weight is 602 g/mol. The zero-order valence-corrected chi connectivity index (χ0v) is 26.2. The van der Waals surface area contributed by atoms with Gasteiger partial charge in [-0.2, -0.15) is 18.8 Å². The minimum atomic E-state index is -0.858. The van der Waals surface area contributed by atoms with Crippen molar-refractivity contribution in [3.05, 3.63) is 53.6 Å². The predicted molar refractivity (Wildman–Crippen MR) is 169 cm³/mol. The molecule has 1 aliphatic heterocycles. The summed E-state index contributed by atoms with van der Waals surface area (Å²) in [6, 6.07) is 10.0. The monoisotopic (exact) mass is 601 g/mol. The third-order valence-corrected chi connectivity index (χ3v) is 8.59. The molecular formula is C31H41F2N5OS2. The molecule has 10 heteroatoms. The topological polar surface area (TPSA) is 74.1 Å². The highest BCUT2D eigenvalue weighted by atomic mass is 32.2. The van der Waals surface area contributed by atoms with Gasteiger partial charge in [0.05, 0.1) is 22.4 Å². The van der Waals surface area contributed by atoms with E-state index in [1.165, 1.54) is 49.9 Å². The Morgan fingerprint density at radius 3 is 2.51 bits per heavy atom. The van der Waals surface area contributed by atoms with E-state index in [1.807, 2.05) is 24.3 Å². The molecule has 6 nitrogen and oxygen atoms in total. The Hall–Kier alpha value is -2.61. The van der Waals surface area contributed by atoms with E-state index in [0.717, 1.165) is 24.1 Å². The highest BCUT2D eigenvalue weighted by Crippen LogP contribution is 2.56. The van der Waals surface area contributed by atoms with Gasteiger partial charge in [-0.1, -0.05) is 40.5 Å². The molecule has 2 aliphatic rings. The smallest absolute Gasteiger partial charge is 0.182 e. The number of ether oxygens (including phenoxy) is 1. The molecule has 222 valence electrons. The van der Waals surface area contributed by atoms with Crippen molar-refractivity contribution < 1.29 is 13.5 Å². The maximum atomic E-state index is 14.8. The first-order chi connectivity index (χ1) is 19.4. The molecule has 1 atom stereocenters. The van der Waals surface area contributed by atoms with Crippen molar-refractivity contribution in [3.63, 3.8) is 0 Å². The highest BCUT2D eigenvalue weighted by molar-refractivity contribution is 7.98. The van der Waals surface area contributed by atoms with Gasteiger partial charge < -0.3 is 9.46 Å². The summed E-state index contributed by atoms with van der Waals surface area (Å²) in [5, 5.41) is 9.82. The lowest BCUT2D eigenvalue weighted by Crippen LogP contribution is -2.36. The fourth-order valence-corrected chi connectivity index (χ4v) is 6.74. The molecule has 1 saturated heterocycles. The Labute approximate surface area is 254 Å². The van der Waals surface area contributed by atoms with E-state index in [9.17, 15) is 14.0 Å². The molecule has 0 bridgehead atoms. The van der Waals surface area contributed by atoms with Gasteiger partial charge in [0, 0.05) is 43.4 Å². The van der Waals surface area contributed by atoms with E-state index in [4.69, 9.17) is 9.72 Å². The summed E-state index contributed by atoms with van der Waals surface area (Å²) in [6.45, 7) is 9.41. The number of rotatable bonds is 10. The van der Waals surface area contributed by atoms with Crippen molar-refractivity contribution in [1.82, 2.24) is 14.3 Å². The van der Waals surface area contributed by atoms with E-state index in [2.05, 4.69) is 29.6 Å². The van der Waals surface area contributed by atoms with E-state index < -0.39 is 12.0 Å². The highest BCUT2D eigenvalue weighted by Gasteiger charge is 2.43. The van der Waals surface area contributed by atoms with Crippen LogP contribution in [0.15, 0.2) is 36.5 Å². The second kappa shape index (κ2) is 15.0. The Kier molecular flexibility index (Phi) is 12.1. The number of fused-ring (bicyclic) bond motifs is 1. The summed E-state index contributed by atoms with van der Waals surface area (Å²) in [5.74, 6) is -0.0152. The van der Waals surface area contributed by atoms with E-state index >= 15 is 0 Å². The van der Waals surface area contributed by atoms with Gasteiger partial charge in [-0.25, -0.2) is 18.1 Å². The molecule has 1 aliphatic carbocycles. The summed E-state index contributed by atoms with van der Waals surface area (Å²) in [5.41, 5.74) is 3.29. The van der Waals surface area contributed by atoms with Gasteiger partial charge in [0.2, 0.25) is 0 Å². The number of nitriles is 1. The van der Waals surface area contributed by atoms with E-state index in [1.54, 1.807) is 18.2 Å². The fraction of sp³-hybridized carbons (Fsp3) is 0.516. The van der Waals surface area contributed by atoms with Gasteiger partial charge in [0.15, 0.2) is 11.6 Å². The minimum Gasteiger partial charge on any atom is -0.453 e. The molecule has 3 aromatic rings. The number of nitrogens with zero attached hydrogens (tertiary/aromatic N) is 4. The van der Waals surface area contributed by atoms with Crippen LogP contribution in [-0.4, -0.2) is 33.5 Å². The van der Waals surface area contributed by atoms with Gasteiger partial charge in [0.25, 0.3) is 0 Å². The van der Waals surface area contributed by atoms with Crippen molar-refractivity contribution >= 4 is 42.4 Å². The van der Waals surface area contributed by atoms with Crippen molar-refractivity contribution in [1.29, 1.82) is 5.26 Å². The Bertz CT molecular complexity index is 1340. The maximum Gasteiger partial charge on any atom is 0.182 e. The summed E-state index contributed by atoms with van der Waals surface area (Å²) in [6.07, 6.45) is 8.68. The molecule has 2 fully saturated rings. The number of nitrogens with one attached hydrogen (secondary N) is 1.